The maximum atomic E-state index is 11.6. The SMILES string of the molecule is CCc1ccc(C(N)CC(=O)NC(C)C)cc1. The number of hydrogen-bond acceptors (Lipinski definition) is 2. The highest BCUT2D eigenvalue weighted by Crippen LogP contribution is 2.15. The molecule has 0 spiro atoms. The van der Waals surface area contributed by atoms with Crippen molar-refractivity contribution in [3.63, 3.8) is 0 Å². The molecule has 3 N–H and O–H groups in total. The van der Waals surface area contributed by atoms with Crippen LogP contribution in [0, 0.1) is 0 Å². The van der Waals surface area contributed by atoms with Crippen molar-refractivity contribution >= 4 is 5.91 Å². The first-order chi connectivity index (χ1) is 8.02. The fourth-order valence-electron chi connectivity index (χ4n) is 1.70. The van der Waals surface area contributed by atoms with Crippen molar-refractivity contribution in [3.05, 3.63) is 35.4 Å². The number of nitrogens with two attached hydrogens (primary N) is 1. The van der Waals surface area contributed by atoms with Gasteiger partial charge in [0, 0.05) is 18.5 Å². The van der Waals surface area contributed by atoms with Gasteiger partial charge in [-0.25, -0.2) is 0 Å². The summed E-state index contributed by atoms with van der Waals surface area (Å²) in [5.74, 6) is 0.00654. The molecular formula is C14H22N2O. The minimum absolute atomic E-state index is 0.00654. The van der Waals surface area contributed by atoms with E-state index >= 15 is 0 Å². The Balaban J connectivity index is 2.56. The van der Waals surface area contributed by atoms with Gasteiger partial charge in [-0.3, -0.25) is 4.79 Å². The lowest BCUT2D eigenvalue weighted by atomic mass is 10.0. The molecule has 0 saturated heterocycles. The third-order valence-corrected chi connectivity index (χ3v) is 2.67. The lowest BCUT2D eigenvalue weighted by Crippen LogP contribution is -2.32. The molecule has 0 aromatic heterocycles. The van der Waals surface area contributed by atoms with Crippen LogP contribution in [0.3, 0.4) is 0 Å². The fraction of sp³-hybridized carbons (Fsp3) is 0.500. The first-order valence-electron chi connectivity index (χ1n) is 6.16. The van der Waals surface area contributed by atoms with Gasteiger partial charge in [-0.05, 0) is 31.4 Å². The molecule has 0 radical (unpaired) electrons. The van der Waals surface area contributed by atoms with Crippen LogP contribution in [0.4, 0.5) is 0 Å². The predicted molar refractivity (Wildman–Crippen MR) is 70.6 cm³/mol. The molecule has 0 aliphatic rings. The van der Waals surface area contributed by atoms with Crippen molar-refractivity contribution in [3.8, 4) is 0 Å². The molecule has 1 aromatic rings. The molecule has 3 heteroatoms. The molecule has 1 amide bonds. The van der Waals surface area contributed by atoms with Crippen molar-refractivity contribution < 1.29 is 4.79 Å². The smallest absolute Gasteiger partial charge is 0.222 e. The van der Waals surface area contributed by atoms with Crippen LogP contribution < -0.4 is 11.1 Å². The maximum Gasteiger partial charge on any atom is 0.222 e. The number of amides is 1. The molecular weight excluding hydrogens is 212 g/mol. The molecule has 1 rings (SSSR count). The second kappa shape index (κ2) is 6.40. The van der Waals surface area contributed by atoms with Gasteiger partial charge in [0.15, 0.2) is 0 Å². The molecule has 0 bridgehead atoms. The molecule has 1 aromatic carbocycles. The van der Waals surface area contributed by atoms with Crippen LogP contribution >= 0.6 is 0 Å². The number of rotatable bonds is 5. The largest absolute Gasteiger partial charge is 0.354 e. The molecule has 1 atom stereocenters. The van der Waals surface area contributed by atoms with Crippen LogP contribution in [0.25, 0.3) is 0 Å². The van der Waals surface area contributed by atoms with E-state index in [0.29, 0.717) is 6.42 Å². The number of hydrogen-bond donors (Lipinski definition) is 2. The van der Waals surface area contributed by atoms with E-state index < -0.39 is 0 Å². The monoisotopic (exact) mass is 234 g/mol. The molecule has 0 heterocycles. The molecule has 0 saturated carbocycles. The van der Waals surface area contributed by atoms with Gasteiger partial charge < -0.3 is 11.1 Å². The van der Waals surface area contributed by atoms with Crippen LogP contribution in [-0.2, 0) is 11.2 Å². The van der Waals surface area contributed by atoms with Crippen molar-refractivity contribution in [2.45, 2.75) is 45.7 Å². The van der Waals surface area contributed by atoms with E-state index in [-0.39, 0.29) is 18.0 Å². The summed E-state index contributed by atoms with van der Waals surface area (Å²) in [5, 5.41) is 2.85. The molecule has 0 fully saturated rings. The highest BCUT2D eigenvalue weighted by molar-refractivity contribution is 5.77. The summed E-state index contributed by atoms with van der Waals surface area (Å²) in [5.41, 5.74) is 8.30. The van der Waals surface area contributed by atoms with E-state index in [1.54, 1.807) is 0 Å². The predicted octanol–water partition coefficient (Wildman–Crippen LogP) is 2.16. The van der Waals surface area contributed by atoms with Gasteiger partial charge in [-0.1, -0.05) is 31.2 Å². The van der Waals surface area contributed by atoms with Crippen molar-refractivity contribution in [2.75, 3.05) is 0 Å². The Kier molecular flexibility index (Phi) is 5.16. The Labute approximate surface area is 103 Å². The number of benzene rings is 1. The van der Waals surface area contributed by atoms with Crippen LogP contribution in [0.15, 0.2) is 24.3 Å². The van der Waals surface area contributed by atoms with E-state index in [2.05, 4.69) is 24.4 Å². The first-order valence-corrected chi connectivity index (χ1v) is 6.16. The summed E-state index contributed by atoms with van der Waals surface area (Å²) >= 11 is 0. The number of nitrogens with one attached hydrogen (secondary N) is 1. The second-order valence-electron chi connectivity index (χ2n) is 4.63. The Hall–Kier alpha value is -1.35. The maximum absolute atomic E-state index is 11.6. The standard InChI is InChI=1S/C14H22N2O/c1-4-11-5-7-12(8-6-11)13(15)9-14(17)16-10(2)3/h5-8,10,13H,4,9,15H2,1-3H3,(H,16,17). The highest BCUT2D eigenvalue weighted by atomic mass is 16.1. The third kappa shape index (κ3) is 4.57. The van der Waals surface area contributed by atoms with Crippen LogP contribution in [-0.4, -0.2) is 11.9 Å². The van der Waals surface area contributed by atoms with Gasteiger partial charge >= 0.3 is 0 Å². The Morgan fingerprint density at radius 3 is 2.35 bits per heavy atom. The summed E-state index contributed by atoms with van der Waals surface area (Å²) in [6, 6.07) is 8.08. The average Bonchev–Trinajstić information content (AvgIpc) is 2.28. The van der Waals surface area contributed by atoms with Gasteiger partial charge in [0.1, 0.15) is 0 Å². The number of carbonyl (C=O) groups excluding carboxylic acids is 1. The normalized spacial score (nSPS) is 12.5. The number of aryl methyl sites for hydroxylation is 1. The summed E-state index contributed by atoms with van der Waals surface area (Å²) < 4.78 is 0. The topological polar surface area (TPSA) is 55.1 Å². The minimum Gasteiger partial charge on any atom is -0.354 e. The molecule has 1 unspecified atom stereocenters. The van der Waals surface area contributed by atoms with Gasteiger partial charge in [0.05, 0.1) is 0 Å². The van der Waals surface area contributed by atoms with Crippen molar-refractivity contribution in [2.24, 2.45) is 5.73 Å². The van der Waals surface area contributed by atoms with Crippen LogP contribution in [0.1, 0.15) is 44.4 Å². The van der Waals surface area contributed by atoms with Gasteiger partial charge in [0.25, 0.3) is 0 Å². The van der Waals surface area contributed by atoms with E-state index in [4.69, 9.17) is 5.73 Å². The van der Waals surface area contributed by atoms with E-state index in [1.807, 2.05) is 26.0 Å². The van der Waals surface area contributed by atoms with Crippen molar-refractivity contribution in [1.82, 2.24) is 5.32 Å². The average molecular weight is 234 g/mol. The Morgan fingerprint density at radius 2 is 1.88 bits per heavy atom. The van der Waals surface area contributed by atoms with Gasteiger partial charge in [-0.2, -0.15) is 0 Å². The van der Waals surface area contributed by atoms with Gasteiger partial charge in [0.2, 0.25) is 5.91 Å². The van der Waals surface area contributed by atoms with Crippen LogP contribution in [0.2, 0.25) is 0 Å². The highest BCUT2D eigenvalue weighted by Gasteiger charge is 2.12. The Morgan fingerprint density at radius 1 is 1.29 bits per heavy atom. The lowest BCUT2D eigenvalue weighted by molar-refractivity contribution is -0.121. The molecule has 0 aliphatic carbocycles. The van der Waals surface area contributed by atoms with E-state index in [9.17, 15) is 4.79 Å². The second-order valence-corrected chi connectivity index (χ2v) is 4.63. The molecule has 94 valence electrons. The summed E-state index contributed by atoms with van der Waals surface area (Å²) in [6.07, 6.45) is 1.35. The third-order valence-electron chi connectivity index (χ3n) is 2.67. The molecule has 3 nitrogen and oxygen atoms in total. The number of carbonyl (C=O) groups is 1. The Bertz CT molecular complexity index is 357. The van der Waals surface area contributed by atoms with Gasteiger partial charge in [-0.15, -0.1) is 0 Å². The molecule has 17 heavy (non-hydrogen) atoms. The fourth-order valence-corrected chi connectivity index (χ4v) is 1.70. The first kappa shape index (κ1) is 13.7. The zero-order chi connectivity index (χ0) is 12.8. The zero-order valence-corrected chi connectivity index (χ0v) is 10.9. The zero-order valence-electron chi connectivity index (χ0n) is 10.9. The minimum atomic E-state index is -0.223. The lowest BCUT2D eigenvalue weighted by Gasteiger charge is -2.14. The summed E-state index contributed by atoms with van der Waals surface area (Å²) in [6.45, 7) is 6.00. The van der Waals surface area contributed by atoms with Crippen LogP contribution in [0.5, 0.6) is 0 Å². The van der Waals surface area contributed by atoms with E-state index in [0.717, 1.165) is 12.0 Å². The summed E-state index contributed by atoms with van der Waals surface area (Å²) in [7, 11) is 0. The van der Waals surface area contributed by atoms with Crippen molar-refractivity contribution in [1.29, 1.82) is 0 Å². The summed E-state index contributed by atoms with van der Waals surface area (Å²) in [4.78, 5) is 11.6. The molecule has 0 aliphatic heterocycles. The van der Waals surface area contributed by atoms with E-state index in [1.165, 1.54) is 5.56 Å². The quantitative estimate of drug-likeness (QED) is 0.820.